The van der Waals surface area contributed by atoms with Crippen LogP contribution in [0.5, 0.6) is 11.5 Å². The van der Waals surface area contributed by atoms with Crippen LogP contribution in [-0.4, -0.2) is 15.6 Å². The lowest BCUT2D eigenvalue weighted by Gasteiger charge is -2.08. The van der Waals surface area contributed by atoms with Gasteiger partial charge >= 0.3 is 5.97 Å². The van der Waals surface area contributed by atoms with Crippen LogP contribution in [0.1, 0.15) is 5.56 Å². The third-order valence-electron chi connectivity index (χ3n) is 3.45. The van der Waals surface area contributed by atoms with Gasteiger partial charge in [0.1, 0.15) is 11.5 Å². The number of fused-ring (bicyclic) bond motifs is 1. The Morgan fingerprint density at radius 1 is 1.22 bits per heavy atom. The second-order valence-corrected chi connectivity index (χ2v) is 5.51. The maximum Gasteiger partial charge on any atom is 0.328 e. The van der Waals surface area contributed by atoms with Crippen molar-refractivity contribution in [3.8, 4) is 11.5 Å². The smallest absolute Gasteiger partial charge is 0.328 e. The van der Waals surface area contributed by atoms with Crippen molar-refractivity contribution < 1.29 is 14.6 Å². The van der Waals surface area contributed by atoms with E-state index in [-0.39, 0.29) is 0 Å². The summed E-state index contributed by atoms with van der Waals surface area (Å²) in [5.74, 6) is 0.340. The number of ether oxygens (including phenoxy) is 1. The van der Waals surface area contributed by atoms with Crippen LogP contribution in [0.2, 0.25) is 5.02 Å². The van der Waals surface area contributed by atoms with Gasteiger partial charge in [-0.15, -0.1) is 0 Å². The van der Waals surface area contributed by atoms with E-state index >= 15 is 0 Å². The van der Waals surface area contributed by atoms with Crippen LogP contribution in [0.25, 0.3) is 17.0 Å². The number of nitrogens with zero attached hydrogens (tertiary/aromatic N) is 1. The summed E-state index contributed by atoms with van der Waals surface area (Å²) in [6, 6.07) is 12.8. The van der Waals surface area contributed by atoms with Crippen molar-refractivity contribution in [2.45, 2.75) is 0 Å². The molecule has 0 saturated heterocycles. The van der Waals surface area contributed by atoms with Crippen molar-refractivity contribution in [3.05, 3.63) is 65.3 Å². The monoisotopic (exact) mass is 327 g/mol. The standard InChI is InChI=1S/C18H14ClNO3/c1-20-11-12(5-10-17(21)22)18-15(20)3-2-4-16(18)23-14-8-6-13(19)7-9-14/h2-11H,1H3,(H,21,22)/b10-5+. The highest BCUT2D eigenvalue weighted by Gasteiger charge is 2.11. The lowest BCUT2D eigenvalue weighted by molar-refractivity contribution is -0.131. The van der Waals surface area contributed by atoms with Crippen molar-refractivity contribution >= 4 is 34.5 Å². The molecule has 1 N–H and O–H groups in total. The van der Waals surface area contributed by atoms with Crippen LogP contribution in [-0.2, 0) is 11.8 Å². The summed E-state index contributed by atoms with van der Waals surface area (Å²) in [6.07, 6.45) is 4.56. The molecule has 116 valence electrons. The van der Waals surface area contributed by atoms with E-state index in [4.69, 9.17) is 21.4 Å². The molecule has 0 spiro atoms. The molecule has 2 aromatic carbocycles. The minimum Gasteiger partial charge on any atom is -0.478 e. The van der Waals surface area contributed by atoms with Gasteiger partial charge in [0.15, 0.2) is 0 Å². The third-order valence-corrected chi connectivity index (χ3v) is 3.70. The van der Waals surface area contributed by atoms with Crippen LogP contribution in [0.3, 0.4) is 0 Å². The SMILES string of the molecule is Cn1cc(/C=C/C(=O)O)c2c(Oc3ccc(Cl)cc3)cccc21. The van der Waals surface area contributed by atoms with Gasteiger partial charge in [-0.1, -0.05) is 17.7 Å². The Hall–Kier alpha value is -2.72. The van der Waals surface area contributed by atoms with Crippen molar-refractivity contribution in [1.29, 1.82) is 0 Å². The zero-order valence-corrected chi connectivity index (χ0v) is 13.1. The Morgan fingerprint density at radius 2 is 1.96 bits per heavy atom. The molecule has 0 bridgehead atoms. The van der Waals surface area contributed by atoms with Crippen molar-refractivity contribution in [3.63, 3.8) is 0 Å². The Bertz CT molecular complexity index is 895. The first kappa shape index (κ1) is 15.2. The zero-order chi connectivity index (χ0) is 16.4. The Kier molecular flexibility index (Phi) is 4.08. The average Bonchev–Trinajstić information content (AvgIpc) is 2.85. The van der Waals surface area contributed by atoms with Gasteiger partial charge in [0.2, 0.25) is 0 Å². The fraction of sp³-hybridized carbons (Fsp3) is 0.0556. The van der Waals surface area contributed by atoms with Crippen molar-refractivity contribution in [2.75, 3.05) is 0 Å². The third kappa shape index (κ3) is 3.22. The van der Waals surface area contributed by atoms with E-state index in [9.17, 15) is 4.79 Å². The largest absolute Gasteiger partial charge is 0.478 e. The van der Waals surface area contributed by atoms with Crippen LogP contribution < -0.4 is 4.74 Å². The molecule has 0 radical (unpaired) electrons. The summed E-state index contributed by atoms with van der Waals surface area (Å²) < 4.78 is 7.89. The number of hydrogen-bond acceptors (Lipinski definition) is 2. The predicted octanol–water partition coefficient (Wildman–Crippen LogP) is 4.72. The number of aromatic nitrogens is 1. The fourth-order valence-corrected chi connectivity index (χ4v) is 2.57. The van der Waals surface area contributed by atoms with Gasteiger partial charge in [-0.3, -0.25) is 0 Å². The normalized spacial score (nSPS) is 11.2. The van der Waals surface area contributed by atoms with Gasteiger partial charge in [0.25, 0.3) is 0 Å². The molecule has 0 aliphatic carbocycles. The topological polar surface area (TPSA) is 51.5 Å². The second kappa shape index (κ2) is 6.18. The highest BCUT2D eigenvalue weighted by atomic mass is 35.5. The maximum atomic E-state index is 10.8. The van der Waals surface area contributed by atoms with E-state index in [1.54, 1.807) is 30.3 Å². The number of benzene rings is 2. The summed E-state index contributed by atoms with van der Waals surface area (Å²) in [4.78, 5) is 10.8. The molecule has 23 heavy (non-hydrogen) atoms. The minimum absolute atomic E-state index is 0.639. The van der Waals surface area contributed by atoms with Gasteiger partial charge in [0.05, 0.1) is 5.52 Å². The quantitative estimate of drug-likeness (QED) is 0.705. The first-order valence-corrected chi connectivity index (χ1v) is 7.35. The summed E-state index contributed by atoms with van der Waals surface area (Å²) >= 11 is 5.89. The Balaban J connectivity index is 2.09. The van der Waals surface area contributed by atoms with Crippen LogP contribution in [0.15, 0.2) is 54.7 Å². The molecule has 0 aliphatic heterocycles. The van der Waals surface area contributed by atoms with Crippen LogP contribution in [0.4, 0.5) is 0 Å². The van der Waals surface area contributed by atoms with Gasteiger partial charge in [-0.2, -0.15) is 0 Å². The minimum atomic E-state index is -0.988. The molecule has 0 aliphatic rings. The van der Waals surface area contributed by atoms with E-state index < -0.39 is 5.97 Å². The number of rotatable bonds is 4. The molecule has 3 aromatic rings. The molecule has 4 nitrogen and oxygen atoms in total. The number of carbonyl (C=O) groups is 1. The van der Waals surface area contributed by atoms with Crippen LogP contribution >= 0.6 is 11.6 Å². The number of halogens is 1. The molecule has 1 heterocycles. The number of aliphatic carboxylic acids is 1. The maximum absolute atomic E-state index is 10.8. The van der Waals surface area contributed by atoms with Gasteiger partial charge in [-0.25, -0.2) is 4.79 Å². The molecular weight excluding hydrogens is 314 g/mol. The molecule has 1 aromatic heterocycles. The summed E-state index contributed by atoms with van der Waals surface area (Å²) in [5, 5.41) is 10.3. The number of carboxylic acids is 1. The van der Waals surface area contributed by atoms with Gasteiger partial charge < -0.3 is 14.4 Å². The first-order chi connectivity index (χ1) is 11.0. The highest BCUT2D eigenvalue weighted by molar-refractivity contribution is 6.30. The summed E-state index contributed by atoms with van der Waals surface area (Å²) in [7, 11) is 1.91. The first-order valence-electron chi connectivity index (χ1n) is 6.97. The fourth-order valence-electron chi connectivity index (χ4n) is 2.45. The molecular formula is C18H14ClNO3. The molecule has 0 unspecified atom stereocenters. The van der Waals surface area contributed by atoms with Gasteiger partial charge in [-0.05, 0) is 42.5 Å². The number of hydrogen-bond donors (Lipinski definition) is 1. The molecule has 0 saturated carbocycles. The molecule has 3 rings (SSSR count). The Labute approximate surface area is 138 Å². The predicted molar refractivity (Wildman–Crippen MR) is 91.1 cm³/mol. The lowest BCUT2D eigenvalue weighted by Crippen LogP contribution is -1.87. The molecule has 0 amide bonds. The number of carboxylic acid groups (broad SMARTS) is 1. The van der Waals surface area contributed by atoms with Gasteiger partial charge in [0, 0.05) is 35.3 Å². The van der Waals surface area contributed by atoms with Crippen molar-refractivity contribution in [1.82, 2.24) is 4.57 Å². The van der Waals surface area contributed by atoms with E-state index in [1.165, 1.54) is 0 Å². The van der Waals surface area contributed by atoms with E-state index in [0.717, 1.165) is 22.5 Å². The van der Waals surface area contributed by atoms with E-state index in [0.29, 0.717) is 16.5 Å². The van der Waals surface area contributed by atoms with E-state index in [2.05, 4.69) is 0 Å². The zero-order valence-electron chi connectivity index (χ0n) is 12.4. The highest BCUT2D eigenvalue weighted by Crippen LogP contribution is 2.34. The summed E-state index contributed by atoms with van der Waals surface area (Å²) in [6.45, 7) is 0. The Morgan fingerprint density at radius 3 is 2.65 bits per heavy atom. The summed E-state index contributed by atoms with van der Waals surface area (Å²) in [5.41, 5.74) is 1.75. The van der Waals surface area contributed by atoms with Crippen LogP contribution in [0, 0.1) is 0 Å². The average molecular weight is 328 g/mol. The second-order valence-electron chi connectivity index (χ2n) is 5.07. The molecule has 0 fully saturated rings. The molecule has 5 heteroatoms. The lowest BCUT2D eigenvalue weighted by atomic mass is 10.1. The number of aryl methyl sites for hydroxylation is 1. The molecule has 0 atom stereocenters. The van der Waals surface area contributed by atoms with E-state index in [1.807, 2.05) is 36.0 Å². The van der Waals surface area contributed by atoms with Crippen molar-refractivity contribution in [2.24, 2.45) is 7.05 Å².